The van der Waals surface area contributed by atoms with E-state index in [1.54, 1.807) is 0 Å². The zero-order chi connectivity index (χ0) is 13.1. The van der Waals surface area contributed by atoms with Crippen molar-refractivity contribution in [1.82, 2.24) is 4.57 Å². The average molecular weight is 247 g/mol. The van der Waals surface area contributed by atoms with E-state index < -0.39 is 11.9 Å². The Morgan fingerprint density at radius 1 is 1.50 bits per heavy atom. The summed E-state index contributed by atoms with van der Waals surface area (Å²) in [5, 5.41) is 2.29. The highest BCUT2D eigenvalue weighted by atomic mass is 16.5. The Bertz CT molecular complexity index is 583. The van der Waals surface area contributed by atoms with Gasteiger partial charge in [0.15, 0.2) is 0 Å². The van der Waals surface area contributed by atoms with Crippen molar-refractivity contribution in [2.75, 3.05) is 7.11 Å². The molecule has 4 nitrogen and oxygen atoms in total. The Kier molecular flexibility index (Phi) is 3.65. The number of ether oxygens (including phenoxy) is 1. The van der Waals surface area contributed by atoms with E-state index in [2.05, 4.69) is 23.0 Å². The molecule has 1 atom stereocenters. The van der Waals surface area contributed by atoms with Crippen LogP contribution in [-0.4, -0.2) is 23.9 Å². The molecule has 0 aliphatic heterocycles. The average Bonchev–Trinajstić information content (AvgIpc) is 2.71. The van der Waals surface area contributed by atoms with Gasteiger partial charge in [-0.15, -0.1) is 0 Å². The predicted molar refractivity (Wildman–Crippen MR) is 68.2 cm³/mol. The zero-order valence-corrected chi connectivity index (χ0v) is 10.7. The Labute approximate surface area is 106 Å². The van der Waals surface area contributed by atoms with Gasteiger partial charge < -0.3 is 14.1 Å². The monoisotopic (exact) mass is 247 g/mol. The second kappa shape index (κ2) is 5.21. The molecule has 0 fully saturated rings. The number of nitrogens with zero attached hydrogens (tertiary/aromatic N) is 1. The van der Waals surface area contributed by atoms with Gasteiger partial charge in [-0.3, -0.25) is 4.79 Å². The van der Waals surface area contributed by atoms with Crippen molar-refractivity contribution in [2.24, 2.45) is 5.92 Å². The quantitative estimate of drug-likeness (QED) is 0.432. The van der Waals surface area contributed by atoms with Crippen molar-refractivity contribution in [1.29, 1.82) is 0 Å². The summed E-state index contributed by atoms with van der Waals surface area (Å²) in [6.07, 6.45) is 7.05. The number of carbonyl (C=O) groups is 2. The van der Waals surface area contributed by atoms with Gasteiger partial charge in [0, 0.05) is 17.6 Å². The number of esters is 1. The van der Waals surface area contributed by atoms with Crippen LogP contribution in [0.3, 0.4) is 0 Å². The molecule has 2 rings (SSSR count). The van der Waals surface area contributed by atoms with Gasteiger partial charge in [-0.2, -0.15) is 0 Å². The number of aromatic nitrogens is 1. The maximum Gasteiger partial charge on any atom is 0.317 e. The molecule has 1 aromatic rings. The van der Waals surface area contributed by atoms with Crippen LogP contribution in [-0.2, 0) is 20.9 Å². The highest BCUT2D eigenvalue weighted by Gasteiger charge is 2.20. The highest BCUT2D eigenvalue weighted by molar-refractivity contribution is 5.87. The van der Waals surface area contributed by atoms with Gasteiger partial charge >= 0.3 is 5.97 Å². The van der Waals surface area contributed by atoms with Crippen LogP contribution >= 0.6 is 0 Å². The minimum atomic E-state index is -0.736. The molecule has 0 bridgehead atoms. The summed E-state index contributed by atoms with van der Waals surface area (Å²) in [5.74, 6) is -1.22. The second-order valence-electron chi connectivity index (χ2n) is 4.49. The summed E-state index contributed by atoms with van der Waals surface area (Å²) < 4.78 is 6.65. The van der Waals surface area contributed by atoms with Gasteiger partial charge in [0.2, 0.25) is 0 Å². The SMILES string of the molecule is COC(=O)C(C=O)Cn1c(C)cc2c1=CCCC=2. The number of methoxy groups -OCH3 is 1. The normalized spacial score (nSPS) is 15.0. The summed E-state index contributed by atoms with van der Waals surface area (Å²) >= 11 is 0. The van der Waals surface area contributed by atoms with E-state index in [1.807, 2.05) is 11.5 Å². The Morgan fingerprint density at radius 3 is 2.89 bits per heavy atom. The Morgan fingerprint density at radius 2 is 2.22 bits per heavy atom. The minimum absolute atomic E-state index is 0.349. The first-order valence-electron chi connectivity index (χ1n) is 6.07. The first kappa shape index (κ1) is 12.6. The number of fused-ring (bicyclic) bond motifs is 1. The maximum atomic E-state index is 11.5. The van der Waals surface area contributed by atoms with Crippen molar-refractivity contribution < 1.29 is 14.3 Å². The van der Waals surface area contributed by atoms with Crippen LogP contribution in [0.2, 0.25) is 0 Å². The molecule has 0 saturated heterocycles. The second-order valence-corrected chi connectivity index (χ2v) is 4.49. The van der Waals surface area contributed by atoms with Crippen LogP contribution in [0.25, 0.3) is 12.2 Å². The van der Waals surface area contributed by atoms with Crippen molar-refractivity contribution in [3.8, 4) is 0 Å². The van der Waals surface area contributed by atoms with Gasteiger partial charge in [-0.25, -0.2) is 0 Å². The fourth-order valence-corrected chi connectivity index (χ4v) is 2.34. The van der Waals surface area contributed by atoms with E-state index in [-0.39, 0.29) is 0 Å². The third kappa shape index (κ3) is 2.23. The number of carbonyl (C=O) groups excluding carboxylic acids is 2. The topological polar surface area (TPSA) is 48.3 Å². The van der Waals surface area contributed by atoms with Crippen LogP contribution < -0.4 is 10.6 Å². The number of hydrogen-bond acceptors (Lipinski definition) is 3. The molecule has 1 aliphatic carbocycles. The first-order chi connectivity index (χ1) is 8.67. The Balaban J connectivity index is 2.38. The van der Waals surface area contributed by atoms with E-state index in [0.717, 1.165) is 23.9 Å². The standard InChI is InChI=1S/C14H17NO3/c1-10-7-11-5-3-4-6-13(11)15(10)8-12(9-16)14(17)18-2/h5-7,9,12H,3-4,8H2,1-2H3. The number of aryl methyl sites for hydroxylation is 1. The van der Waals surface area contributed by atoms with Crippen LogP contribution in [0.4, 0.5) is 0 Å². The lowest BCUT2D eigenvalue weighted by molar-refractivity contribution is -0.147. The molecule has 0 spiro atoms. The summed E-state index contributed by atoms with van der Waals surface area (Å²) in [4.78, 5) is 22.4. The van der Waals surface area contributed by atoms with Crippen molar-refractivity contribution in [3.63, 3.8) is 0 Å². The molecule has 1 unspecified atom stereocenters. The van der Waals surface area contributed by atoms with Gasteiger partial charge in [-0.05, 0) is 31.1 Å². The molecule has 0 N–H and O–H groups in total. The Hall–Kier alpha value is -1.84. The van der Waals surface area contributed by atoms with Crippen molar-refractivity contribution in [3.05, 3.63) is 22.3 Å². The fourth-order valence-electron chi connectivity index (χ4n) is 2.34. The van der Waals surface area contributed by atoms with Crippen LogP contribution in [0.15, 0.2) is 6.07 Å². The molecule has 0 saturated carbocycles. The van der Waals surface area contributed by atoms with Gasteiger partial charge in [0.25, 0.3) is 0 Å². The van der Waals surface area contributed by atoms with Gasteiger partial charge in [-0.1, -0.05) is 12.2 Å². The summed E-state index contributed by atoms with van der Waals surface area (Å²) in [6.45, 7) is 2.33. The van der Waals surface area contributed by atoms with E-state index in [9.17, 15) is 9.59 Å². The van der Waals surface area contributed by atoms with Gasteiger partial charge in [0.1, 0.15) is 12.2 Å². The molecule has 4 heteroatoms. The van der Waals surface area contributed by atoms with Crippen LogP contribution in [0.5, 0.6) is 0 Å². The molecule has 18 heavy (non-hydrogen) atoms. The lowest BCUT2D eigenvalue weighted by Gasteiger charge is -2.12. The van der Waals surface area contributed by atoms with E-state index in [4.69, 9.17) is 0 Å². The molecule has 1 heterocycles. The number of aldehydes is 1. The molecule has 1 aromatic heterocycles. The highest BCUT2D eigenvalue weighted by Crippen LogP contribution is 2.04. The maximum absolute atomic E-state index is 11.5. The van der Waals surface area contributed by atoms with E-state index in [1.165, 1.54) is 12.3 Å². The van der Waals surface area contributed by atoms with Crippen LogP contribution in [0, 0.1) is 12.8 Å². The zero-order valence-electron chi connectivity index (χ0n) is 10.7. The molecular weight excluding hydrogens is 230 g/mol. The number of rotatable bonds is 4. The molecule has 1 aliphatic rings. The van der Waals surface area contributed by atoms with E-state index in [0.29, 0.717) is 12.8 Å². The lowest BCUT2D eigenvalue weighted by Crippen LogP contribution is -2.35. The largest absolute Gasteiger partial charge is 0.468 e. The van der Waals surface area contributed by atoms with E-state index >= 15 is 0 Å². The first-order valence-corrected chi connectivity index (χ1v) is 6.07. The molecular formula is C14H17NO3. The van der Waals surface area contributed by atoms with Crippen LogP contribution in [0.1, 0.15) is 18.5 Å². The smallest absolute Gasteiger partial charge is 0.317 e. The number of hydrogen-bond donors (Lipinski definition) is 0. The fraction of sp³-hybridized carbons (Fsp3) is 0.429. The summed E-state index contributed by atoms with van der Waals surface area (Å²) in [6, 6.07) is 2.09. The summed E-state index contributed by atoms with van der Waals surface area (Å²) in [7, 11) is 1.30. The third-order valence-corrected chi connectivity index (χ3v) is 3.29. The minimum Gasteiger partial charge on any atom is -0.468 e. The molecule has 0 amide bonds. The van der Waals surface area contributed by atoms with Crippen molar-refractivity contribution in [2.45, 2.75) is 26.3 Å². The molecule has 96 valence electrons. The third-order valence-electron chi connectivity index (χ3n) is 3.29. The van der Waals surface area contributed by atoms with Gasteiger partial charge in [0.05, 0.1) is 7.11 Å². The lowest BCUT2D eigenvalue weighted by atomic mass is 10.1. The molecule has 0 aromatic carbocycles. The van der Waals surface area contributed by atoms with Crippen molar-refractivity contribution >= 4 is 24.4 Å². The summed E-state index contributed by atoms with van der Waals surface area (Å²) in [5.41, 5.74) is 1.06. The molecule has 0 radical (unpaired) electrons. The predicted octanol–water partition coefficient (Wildman–Crippen LogP) is 0.139.